The second kappa shape index (κ2) is 5.93. The monoisotopic (exact) mass is 347 g/mol. The Morgan fingerprint density at radius 3 is 2.20 bits per heavy atom. The van der Waals surface area contributed by atoms with Gasteiger partial charge in [0.2, 0.25) is 0 Å². The zero-order valence-electron chi connectivity index (χ0n) is 10.4. The zero-order chi connectivity index (χ0) is 14.9. The molecular formula is C14H10BrF4N. The number of rotatable bonds is 3. The molecule has 0 radical (unpaired) electrons. The van der Waals surface area contributed by atoms with Gasteiger partial charge in [0.15, 0.2) is 11.6 Å². The highest BCUT2D eigenvalue weighted by Crippen LogP contribution is 2.32. The summed E-state index contributed by atoms with van der Waals surface area (Å²) in [5.41, 5.74) is 0.287. The van der Waals surface area contributed by atoms with Crippen molar-refractivity contribution in [2.24, 2.45) is 0 Å². The number of hydrogen-bond acceptors (Lipinski definition) is 1. The van der Waals surface area contributed by atoms with Gasteiger partial charge in [0.05, 0.1) is 10.5 Å². The summed E-state index contributed by atoms with van der Waals surface area (Å²) in [6.07, 6.45) is 0. The minimum atomic E-state index is -1.26. The smallest absolute Gasteiger partial charge is 0.161 e. The molecule has 1 unspecified atom stereocenters. The number of benzene rings is 2. The molecule has 20 heavy (non-hydrogen) atoms. The van der Waals surface area contributed by atoms with Gasteiger partial charge in [-0.1, -0.05) is 12.1 Å². The summed E-state index contributed by atoms with van der Waals surface area (Å²) in [4.78, 5) is 0. The molecule has 0 aliphatic rings. The predicted octanol–water partition coefficient (Wildman–Crippen LogP) is 4.31. The van der Waals surface area contributed by atoms with Crippen LogP contribution in [0.15, 0.2) is 34.8 Å². The van der Waals surface area contributed by atoms with Gasteiger partial charge in [-0.3, -0.25) is 0 Å². The van der Waals surface area contributed by atoms with Gasteiger partial charge in [-0.05, 0) is 40.7 Å². The number of hydrogen-bond donors (Lipinski definition) is 1. The molecule has 2 aromatic rings. The highest BCUT2D eigenvalue weighted by molar-refractivity contribution is 9.10. The van der Waals surface area contributed by atoms with Crippen molar-refractivity contribution in [2.75, 3.05) is 7.05 Å². The Labute approximate surface area is 121 Å². The quantitative estimate of drug-likeness (QED) is 0.644. The third-order valence-corrected chi connectivity index (χ3v) is 3.77. The van der Waals surface area contributed by atoms with Gasteiger partial charge in [-0.15, -0.1) is 0 Å². The van der Waals surface area contributed by atoms with Crippen molar-refractivity contribution in [3.8, 4) is 0 Å². The third-order valence-electron chi connectivity index (χ3n) is 2.93. The molecule has 0 spiro atoms. The highest BCUT2D eigenvalue weighted by atomic mass is 79.9. The topological polar surface area (TPSA) is 12.0 Å². The van der Waals surface area contributed by atoms with E-state index in [9.17, 15) is 17.6 Å². The van der Waals surface area contributed by atoms with Crippen molar-refractivity contribution >= 4 is 15.9 Å². The molecular weight excluding hydrogens is 338 g/mol. The van der Waals surface area contributed by atoms with E-state index < -0.39 is 29.3 Å². The lowest BCUT2D eigenvalue weighted by Crippen LogP contribution is -2.20. The van der Waals surface area contributed by atoms with Crippen LogP contribution in [0.5, 0.6) is 0 Å². The van der Waals surface area contributed by atoms with E-state index in [1.807, 2.05) is 0 Å². The van der Waals surface area contributed by atoms with Crippen molar-refractivity contribution in [1.82, 2.24) is 5.32 Å². The maximum absolute atomic E-state index is 13.8. The minimum absolute atomic E-state index is 0.0994. The van der Waals surface area contributed by atoms with E-state index in [-0.39, 0.29) is 10.0 Å². The van der Waals surface area contributed by atoms with Crippen LogP contribution in [0.3, 0.4) is 0 Å². The molecule has 0 amide bonds. The van der Waals surface area contributed by atoms with E-state index in [4.69, 9.17) is 0 Å². The maximum Gasteiger partial charge on any atom is 0.161 e. The summed E-state index contributed by atoms with van der Waals surface area (Å²) < 4.78 is 53.8. The maximum atomic E-state index is 13.8. The van der Waals surface area contributed by atoms with Gasteiger partial charge < -0.3 is 5.32 Å². The van der Waals surface area contributed by atoms with Crippen LogP contribution in [0.25, 0.3) is 0 Å². The molecule has 2 rings (SSSR count). The average molecular weight is 348 g/mol. The molecule has 106 valence electrons. The van der Waals surface area contributed by atoms with Crippen LogP contribution in [0, 0.1) is 23.3 Å². The molecule has 1 N–H and O–H groups in total. The first kappa shape index (κ1) is 15.0. The van der Waals surface area contributed by atoms with Gasteiger partial charge in [-0.2, -0.15) is 0 Å². The van der Waals surface area contributed by atoms with Gasteiger partial charge >= 0.3 is 0 Å². The van der Waals surface area contributed by atoms with Crippen molar-refractivity contribution in [1.29, 1.82) is 0 Å². The fourth-order valence-electron chi connectivity index (χ4n) is 1.98. The Morgan fingerprint density at radius 2 is 1.55 bits per heavy atom. The van der Waals surface area contributed by atoms with Crippen LogP contribution in [0.4, 0.5) is 17.6 Å². The van der Waals surface area contributed by atoms with E-state index >= 15 is 0 Å². The first-order valence-electron chi connectivity index (χ1n) is 5.71. The highest BCUT2D eigenvalue weighted by Gasteiger charge is 2.22. The standard InChI is InChI=1S/C14H10BrF4N/c1-20-14(7-3-2-4-9(16)13(7)15)8-5-11(18)12(19)6-10(8)17/h2-6,14,20H,1H3. The van der Waals surface area contributed by atoms with Crippen LogP contribution in [-0.4, -0.2) is 7.05 Å². The largest absolute Gasteiger partial charge is 0.309 e. The van der Waals surface area contributed by atoms with Gasteiger partial charge in [0, 0.05) is 11.6 Å². The molecule has 0 aromatic heterocycles. The second-order valence-electron chi connectivity index (χ2n) is 4.15. The predicted molar refractivity (Wildman–Crippen MR) is 71.3 cm³/mol. The fraction of sp³-hybridized carbons (Fsp3) is 0.143. The molecule has 1 atom stereocenters. The van der Waals surface area contributed by atoms with E-state index in [2.05, 4.69) is 21.2 Å². The van der Waals surface area contributed by atoms with Crippen LogP contribution in [0.2, 0.25) is 0 Å². The Kier molecular flexibility index (Phi) is 4.45. The summed E-state index contributed by atoms with van der Waals surface area (Å²) in [6.45, 7) is 0. The lowest BCUT2D eigenvalue weighted by molar-refractivity contribution is 0.483. The van der Waals surface area contributed by atoms with Crippen molar-refractivity contribution in [3.63, 3.8) is 0 Å². The lowest BCUT2D eigenvalue weighted by Gasteiger charge is -2.19. The van der Waals surface area contributed by atoms with Crippen molar-refractivity contribution in [3.05, 3.63) is 69.2 Å². The van der Waals surface area contributed by atoms with Crippen molar-refractivity contribution in [2.45, 2.75) is 6.04 Å². The Hall–Kier alpha value is -1.40. The zero-order valence-corrected chi connectivity index (χ0v) is 11.9. The van der Waals surface area contributed by atoms with Gasteiger partial charge in [0.1, 0.15) is 11.6 Å². The van der Waals surface area contributed by atoms with Gasteiger partial charge in [-0.25, -0.2) is 17.6 Å². The van der Waals surface area contributed by atoms with Crippen molar-refractivity contribution < 1.29 is 17.6 Å². The fourth-order valence-corrected chi connectivity index (χ4v) is 2.47. The molecule has 0 aliphatic carbocycles. The molecule has 0 fully saturated rings. The SMILES string of the molecule is CNC(c1cc(F)c(F)cc1F)c1cccc(F)c1Br. The Morgan fingerprint density at radius 1 is 0.900 bits per heavy atom. The summed E-state index contributed by atoms with van der Waals surface area (Å²) in [7, 11) is 1.52. The molecule has 6 heteroatoms. The first-order valence-corrected chi connectivity index (χ1v) is 6.50. The first-order chi connectivity index (χ1) is 9.45. The number of halogens is 5. The lowest BCUT2D eigenvalue weighted by atomic mass is 9.98. The summed E-state index contributed by atoms with van der Waals surface area (Å²) in [5.74, 6) is -3.85. The molecule has 0 heterocycles. The van der Waals surface area contributed by atoms with E-state index in [1.165, 1.54) is 19.2 Å². The second-order valence-corrected chi connectivity index (χ2v) is 4.95. The van der Waals surface area contributed by atoms with Gasteiger partial charge in [0.25, 0.3) is 0 Å². The number of nitrogens with one attached hydrogen (secondary N) is 1. The molecule has 2 aromatic carbocycles. The van der Waals surface area contributed by atoms with Crippen LogP contribution < -0.4 is 5.32 Å². The van der Waals surface area contributed by atoms with E-state index in [0.717, 1.165) is 6.07 Å². The molecule has 0 bridgehead atoms. The molecule has 0 saturated heterocycles. The summed E-state index contributed by atoms with van der Waals surface area (Å²) >= 11 is 3.07. The molecule has 0 saturated carbocycles. The Bertz CT molecular complexity index is 645. The summed E-state index contributed by atoms with van der Waals surface area (Å²) in [5, 5.41) is 2.76. The normalized spacial score (nSPS) is 12.5. The minimum Gasteiger partial charge on any atom is -0.309 e. The molecule has 1 nitrogen and oxygen atoms in total. The van der Waals surface area contributed by atoms with Crippen LogP contribution in [0.1, 0.15) is 17.2 Å². The van der Waals surface area contributed by atoms with E-state index in [1.54, 1.807) is 6.07 Å². The summed E-state index contributed by atoms with van der Waals surface area (Å²) in [6, 6.07) is 4.69. The molecule has 0 aliphatic heterocycles. The van der Waals surface area contributed by atoms with Crippen LogP contribution >= 0.6 is 15.9 Å². The third kappa shape index (κ3) is 2.71. The average Bonchev–Trinajstić information content (AvgIpc) is 2.41. The van der Waals surface area contributed by atoms with Crippen LogP contribution in [-0.2, 0) is 0 Å². The Balaban J connectivity index is 2.58. The van der Waals surface area contributed by atoms with E-state index in [0.29, 0.717) is 11.6 Å².